The van der Waals surface area contributed by atoms with Gasteiger partial charge in [0, 0.05) is 27.4 Å². The molecule has 4 heteroatoms. The zero-order valence-electron chi connectivity index (χ0n) is 10.4. The van der Waals surface area contributed by atoms with E-state index >= 15 is 0 Å². The highest BCUT2D eigenvalue weighted by Gasteiger charge is 2.42. The predicted octanol–water partition coefficient (Wildman–Crippen LogP) is 3.73. The summed E-state index contributed by atoms with van der Waals surface area (Å²) in [4.78, 5) is 13.2. The second kappa shape index (κ2) is 4.85. The summed E-state index contributed by atoms with van der Waals surface area (Å²) >= 11 is 4.85. The van der Waals surface area contributed by atoms with Crippen LogP contribution in [0.15, 0.2) is 40.2 Å². The lowest BCUT2D eigenvalue weighted by atomic mass is 9.93. The molecule has 0 spiro atoms. The van der Waals surface area contributed by atoms with E-state index < -0.39 is 0 Å². The Kier molecular flexibility index (Phi) is 3.33. The molecule has 3 rings (SSSR count). The minimum Gasteiger partial charge on any atom is -0.330 e. The van der Waals surface area contributed by atoms with E-state index in [1.165, 1.54) is 16.9 Å². The summed E-state index contributed by atoms with van der Waals surface area (Å²) in [6.07, 6.45) is 2.26. The number of nitrogens with two attached hydrogens (primary N) is 1. The van der Waals surface area contributed by atoms with Crippen molar-refractivity contribution in [3.8, 4) is 0 Å². The third-order valence-electron chi connectivity index (χ3n) is 3.77. The topological polar surface area (TPSA) is 43.1 Å². The minimum absolute atomic E-state index is 0.0883. The summed E-state index contributed by atoms with van der Waals surface area (Å²) in [7, 11) is 0. The van der Waals surface area contributed by atoms with Crippen LogP contribution in [0.5, 0.6) is 0 Å². The maximum Gasteiger partial charge on any atom is 0.202 e. The van der Waals surface area contributed by atoms with Crippen molar-refractivity contribution in [3.05, 3.63) is 56.2 Å². The summed E-state index contributed by atoms with van der Waals surface area (Å²) in [6.45, 7) is 0.662. The summed E-state index contributed by atoms with van der Waals surface area (Å²) in [5.41, 5.74) is 7.94. The first-order valence-corrected chi connectivity index (χ1v) is 7.91. The monoisotopic (exact) mass is 335 g/mol. The van der Waals surface area contributed by atoms with Crippen LogP contribution in [0, 0.1) is 0 Å². The zero-order chi connectivity index (χ0) is 13.5. The fraction of sp³-hybridized carbons (Fsp3) is 0.267. The molecule has 2 nitrogen and oxygen atoms in total. The quantitative estimate of drug-likeness (QED) is 0.865. The van der Waals surface area contributed by atoms with Gasteiger partial charge in [0.25, 0.3) is 0 Å². The van der Waals surface area contributed by atoms with E-state index in [0.717, 1.165) is 27.8 Å². The average molecular weight is 336 g/mol. The SMILES string of the molecule is NCC1(c2cccc(C(=O)c3cc(Br)cs3)c2)CC1. The number of hydrogen-bond acceptors (Lipinski definition) is 3. The molecule has 1 aliphatic carbocycles. The molecule has 1 saturated carbocycles. The van der Waals surface area contributed by atoms with Crippen LogP contribution in [0.3, 0.4) is 0 Å². The standard InChI is InChI=1S/C15H14BrNOS/c16-12-7-13(19-8-12)14(18)10-2-1-3-11(6-10)15(9-17)4-5-15/h1-3,6-8H,4-5,9,17H2. The molecule has 0 aliphatic heterocycles. The van der Waals surface area contributed by atoms with Crippen LogP contribution in [-0.4, -0.2) is 12.3 Å². The van der Waals surface area contributed by atoms with Crippen LogP contribution in [-0.2, 0) is 5.41 Å². The molecule has 98 valence electrons. The van der Waals surface area contributed by atoms with Gasteiger partial charge >= 0.3 is 0 Å². The Morgan fingerprint density at radius 1 is 1.37 bits per heavy atom. The summed E-state index contributed by atoms with van der Waals surface area (Å²) in [5.74, 6) is 0.0883. The number of thiophene rings is 1. The average Bonchev–Trinajstić information content (AvgIpc) is 3.14. The van der Waals surface area contributed by atoms with Crippen LogP contribution in [0.2, 0.25) is 0 Å². The van der Waals surface area contributed by atoms with Gasteiger partial charge in [-0.3, -0.25) is 4.79 Å². The van der Waals surface area contributed by atoms with Crippen molar-refractivity contribution in [2.75, 3.05) is 6.54 Å². The largest absolute Gasteiger partial charge is 0.330 e. The van der Waals surface area contributed by atoms with Crippen LogP contribution in [0.1, 0.15) is 33.6 Å². The third-order valence-corrected chi connectivity index (χ3v) is 5.46. The van der Waals surface area contributed by atoms with Crippen LogP contribution < -0.4 is 5.73 Å². The lowest BCUT2D eigenvalue weighted by molar-refractivity contribution is 0.104. The maximum atomic E-state index is 12.4. The van der Waals surface area contributed by atoms with Crippen molar-refractivity contribution >= 4 is 33.0 Å². The number of benzene rings is 1. The van der Waals surface area contributed by atoms with E-state index in [9.17, 15) is 4.79 Å². The molecule has 1 heterocycles. The zero-order valence-corrected chi connectivity index (χ0v) is 12.8. The van der Waals surface area contributed by atoms with E-state index in [2.05, 4.69) is 22.0 Å². The van der Waals surface area contributed by atoms with E-state index in [4.69, 9.17) is 5.73 Å². The van der Waals surface area contributed by atoms with Gasteiger partial charge in [0.15, 0.2) is 0 Å². The van der Waals surface area contributed by atoms with Gasteiger partial charge in [0.05, 0.1) is 4.88 Å². The molecule has 19 heavy (non-hydrogen) atoms. The maximum absolute atomic E-state index is 12.4. The second-order valence-corrected chi connectivity index (χ2v) is 6.85. The van der Waals surface area contributed by atoms with Gasteiger partial charge in [-0.2, -0.15) is 0 Å². The molecule has 0 saturated heterocycles. The van der Waals surface area contributed by atoms with Gasteiger partial charge in [0.2, 0.25) is 5.78 Å². The predicted molar refractivity (Wildman–Crippen MR) is 81.9 cm³/mol. The Labute approximate surface area is 124 Å². The van der Waals surface area contributed by atoms with Crippen LogP contribution >= 0.6 is 27.3 Å². The van der Waals surface area contributed by atoms with Gasteiger partial charge < -0.3 is 5.73 Å². The van der Waals surface area contributed by atoms with Gasteiger partial charge in [-0.1, -0.05) is 18.2 Å². The summed E-state index contributed by atoms with van der Waals surface area (Å²) in [5, 5.41) is 1.93. The fourth-order valence-corrected chi connectivity index (χ4v) is 3.71. The van der Waals surface area contributed by atoms with Gasteiger partial charge in [-0.15, -0.1) is 11.3 Å². The summed E-state index contributed by atoms with van der Waals surface area (Å²) in [6, 6.07) is 9.80. The molecule has 0 amide bonds. The molecule has 0 atom stereocenters. The van der Waals surface area contributed by atoms with Crippen molar-refractivity contribution in [1.29, 1.82) is 0 Å². The second-order valence-electron chi connectivity index (χ2n) is 5.02. The molecule has 0 unspecified atom stereocenters. The lowest BCUT2D eigenvalue weighted by Gasteiger charge is -2.13. The Morgan fingerprint density at radius 3 is 2.74 bits per heavy atom. The molecule has 1 aromatic carbocycles. The van der Waals surface area contributed by atoms with E-state index in [-0.39, 0.29) is 11.2 Å². The smallest absolute Gasteiger partial charge is 0.202 e. The molecule has 0 bridgehead atoms. The first kappa shape index (κ1) is 13.0. The summed E-state index contributed by atoms with van der Waals surface area (Å²) < 4.78 is 0.956. The number of halogens is 1. The minimum atomic E-state index is 0.0883. The molecular weight excluding hydrogens is 322 g/mol. The molecule has 2 aromatic rings. The molecule has 1 aromatic heterocycles. The number of ketones is 1. The van der Waals surface area contributed by atoms with E-state index in [0.29, 0.717) is 6.54 Å². The van der Waals surface area contributed by atoms with Crippen molar-refractivity contribution < 1.29 is 4.79 Å². The van der Waals surface area contributed by atoms with E-state index in [1.807, 2.05) is 29.6 Å². The number of hydrogen-bond donors (Lipinski definition) is 1. The number of rotatable bonds is 4. The Morgan fingerprint density at radius 2 is 2.16 bits per heavy atom. The van der Waals surface area contributed by atoms with Crippen molar-refractivity contribution in [1.82, 2.24) is 0 Å². The van der Waals surface area contributed by atoms with Crippen LogP contribution in [0.25, 0.3) is 0 Å². The van der Waals surface area contributed by atoms with E-state index in [1.54, 1.807) is 0 Å². The Balaban J connectivity index is 1.93. The third kappa shape index (κ3) is 2.40. The van der Waals surface area contributed by atoms with Crippen LogP contribution in [0.4, 0.5) is 0 Å². The van der Waals surface area contributed by atoms with Gasteiger partial charge in [-0.05, 0) is 46.5 Å². The molecule has 1 aliphatic rings. The molecule has 2 N–H and O–H groups in total. The normalized spacial score (nSPS) is 16.3. The highest BCUT2D eigenvalue weighted by molar-refractivity contribution is 9.10. The van der Waals surface area contributed by atoms with Gasteiger partial charge in [0.1, 0.15) is 0 Å². The Hall–Kier alpha value is -0.970. The van der Waals surface area contributed by atoms with Gasteiger partial charge in [-0.25, -0.2) is 0 Å². The lowest BCUT2D eigenvalue weighted by Crippen LogP contribution is -2.20. The van der Waals surface area contributed by atoms with Crippen molar-refractivity contribution in [3.63, 3.8) is 0 Å². The molecular formula is C15H14BrNOS. The van der Waals surface area contributed by atoms with Crippen molar-refractivity contribution in [2.24, 2.45) is 5.73 Å². The highest BCUT2D eigenvalue weighted by atomic mass is 79.9. The fourth-order valence-electron chi connectivity index (χ4n) is 2.33. The highest BCUT2D eigenvalue weighted by Crippen LogP contribution is 2.47. The first-order chi connectivity index (χ1) is 9.14. The number of carbonyl (C=O) groups excluding carboxylic acids is 1. The first-order valence-electron chi connectivity index (χ1n) is 6.24. The molecule has 0 radical (unpaired) electrons. The number of carbonyl (C=O) groups is 1. The Bertz CT molecular complexity index is 631. The van der Waals surface area contributed by atoms with Crippen molar-refractivity contribution in [2.45, 2.75) is 18.3 Å². The molecule has 1 fully saturated rings.